The zero-order valence-electron chi connectivity index (χ0n) is 29.3. The molecule has 2 aromatic rings. The minimum atomic E-state index is -1.45. The molecule has 11 heteroatoms. The second kappa shape index (κ2) is 13.9. The van der Waals surface area contributed by atoms with Crippen LogP contribution in [0.25, 0.3) is 11.1 Å². The van der Waals surface area contributed by atoms with Crippen LogP contribution in [0.5, 0.6) is 0 Å². The molecule has 2 aromatic carbocycles. The van der Waals surface area contributed by atoms with E-state index in [4.69, 9.17) is 4.74 Å². The Balaban J connectivity index is 1.28. The minimum Gasteiger partial charge on any atom is -0.479 e. The molecule has 0 radical (unpaired) electrons. The van der Waals surface area contributed by atoms with Crippen LogP contribution in [0.1, 0.15) is 75.2 Å². The maximum absolute atomic E-state index is 14.4. The van der Waals surface area contributed by atoms with Gasteiger partial charge in [0.05, 0.1) is 0 Å². The Labute approximate surface area is 293 Å². The predicted octanol–water partition coefficient (Wildman–Crippen LogP) is 4.93. The number of hydrogen-bond donors (Lipinski definition) is 3. The quantitative estimate of drug-likeness (QED) is 0.387. The summed E-state index contributed by atoms with van der Waals surface area (Å²) in [6.07, 6.45) is 6.84. The van der Waals surface area contributed by atoms with E-state index in [1.807, 2.05) is 61.5 Å². The first-order chi connectivity index (χ1) is 23.8. The van der Waals surface area contributed by atoms with Gasteiger partial charge in [0, 0.05) is 43.0 Å². The molecule has 266 valence electrons. The summed E-state index contributed by atoms with van der Waals surface area (Å²) in [6.45, 7) is 8.03. The van der Waals surface area contributed by atoms with Gasteiger partial charge in [-0.1, -0.05) is 61.4 Å². The highest BCUT2D eigenvalue weighted by Gasteiger charge is 2.62. The van der Waals surface area contributed by atoms with Crippen LogP contribution < -0.4 is 10.6 Å². The molecule has 4 aliphatic rings. The Morgan fingerprint density at radius 3 is 2.52 bits per heavy atom. The van der Waals surface area contributed by atoms with E-state index < -0.39 is 53.0 Å². The third-order valence-corrected chi connectivity index (χ3v) is 10.5. The number of amides is 4. The van der Waals surface area contributed by atoms with Crippen LogP contribution in [0.15, 0.2) is 60.7 Å². The number of nitrogens with zero attached hydrogens (tertiary/aromatic N) is 2. The average molecular weight is 685 g/mol. The summed E-state index contributed by atoms with van der Waals surface area (Å²) in [5, 5.41) is 15.8. The molecule has 6 rings (SSSR count). The van der Waals surface area contributed by atoms with Crippen molar-refractivity contribution < 1.29 is 33.8 Å². The number of hydrogen-bond acceptors (Lipinski definition) is 6. The fraction of sp³-hybridized carbons (Fsp3) is 0.513. The maximum Gasteiger partial charge on any atom is 0.408 e. The Morgan fingerprint density at radius 1 is 1.00 bits per heavy atom. The number of carbonyl (C=O) groups excluding carboxylic acids is 4. The van der Waals surface area contributed by atoms with Crippen molar-refractivity contribution in [2.45, 2.75) is 89.4 Å². The Bertz CT molecular complexity index is 1700. The van der Waals surface area contributed by atoms with Crippen LogP contribution in [0.4, 0.5) is 4.79 Å². The molecule has 6 atom stereocenters. The lowest BCUT2D eigenvalue weighted by molar-refractivity contribution is -0.146. The summed E-state index contributed by atoms with van der Waals surface area (Å²) in [7, 11) is 0. The van der Waals surface area contributed by atoms with E-state index in [0.29, 0.717) is 24.9 Å². The summed E-state index contributed by atoms with van der Waals surface area (Å²) in [4.78, 5) is 71.2. The van der Waals surface area contributed by atoms with E-state index in [1.54, 1.807) is 31.7 Å². The van der Waals surface area contributed by atoms with E-state index in [2.05, 4.69) is 10.6 Å². The number of aliphatic carboxylic acids is 1. The molecule has 0 unspecified atom stereocenters. The van der Waals surface area contributed by atoms with Crippen molar-refractivity contribution in [3.63, 3.8) is 0 Å². The first-order valence-electron chi connectivity index (χ1n) is 17.7. The van der Waals surface area contributed by atoms with Gasteiger partial charge in [-0.2, -0.15) is 0 Å². The average Bonchev–Trinajstić information content (AvgIpc) is 3.41. The van der Waals surface area contributed by atoms with Gasteiger partial charge >= 0.3 is 12.1 Å². The fourth-order valence-electron chi connectivity index (χ4n) is 7.89. The first kappa shape index (κ1) is 35.2. The standard InChI is InChI=1S/C39H48N4O7/c1-24-13-10-11-17-29(24)25-14-12-15-26(19-25)34(45)42-21-27-22-43-32(30(27)23-42)33(44)41-39(36(47)48)20-28(39)16-8-6-5-7-9-18-31(35(43)46)40-37(49)50-38(2,3)4/h8,10-17,19,27-28,30-32H,5-7,9,18,20-23H2,1-4H3,(H,40,49)(H,41,44)(H,47,48)/b16-8-/t27-,28-,30-,31+,32-,39+/m0/s1. The fourth-order valence-corrected chi connectivity index (χ4v) is 7.89. The Kier molecular flexibility index (Phi) is 9.79. The number of allylic oxidation sites excluding steroid dienone is 1. The van der Waals surface area contributed by atoms with Crippen molar-refractivity contribution >= 4 is 29.8 Å². The van der Waals surface area contributed by atoms with Crippen LogP contribution in [0.3, 0.4) is 0 Å². The smallest absolute Gasteiger partial charge is 0.408 e. The molecular weight excluding hydrogens is 636 g/mol. The molecule has 3 aliphatic heterocycles. The summed E-state index contributed by atoms with van der Waals surface area (Å²) in [5.74, 6) is -3.21. The number of nitrogens with one attached hydrogen (secondary N) is 2. The molecule has 2 saturated heterocycles. The van der Waals surface area contributed by atoms with E-state index in [0.717, 1.165) is 36.0 Å². The molecule has 3 fully saturated rings. The molecule has 4 amide bonds. The van der Waals surface area contributed by atoms with Crippen LogP contribution in [0, 0.1) is 24.7 Å². The zero-order chi connectivity index (χ0) is 35.8. The van der Waals surface area contributed by atoms with E-state index in [1.165, 1.54) is 4.90 Å². The molecule has 3 N–H and O–H groups in total. The number of benzene rings is 2. The molecule has 1 aliphatic carbocycles. The molecule has 0 spiro atoms. The third-order valence-electron chi connectivity index (χ3n) is 10.5. The van der Waals surface area contributed by atoms with Gasteiger partial charge in [-0.15, -0.1) is 0 Å². The summed E-state index contributed by atoms with van der Waals surface area (Å²) in [5.41, 5.74) is 1.38. The van der Waals surface area contributed by atoms with Gasteiger partial charge in [0.25, 0.3) is 5.91 Å². The SMILES string of the molecule is Cc1ccccc1-c1cccc(C(=O)N2C[C@H]3CN4C(=O)[C@H](NC(=O)OC(C)(C)C)CCCCC/C=C\[C@H]5C[C@@]5(C(=O)O)NC(=O)[C@@H]4[C@H]3C2)c1. The van der Waals surface area contributed by atoms with Crippen molar-refractivity contribution in [3.05, 3.63) is 71.8 Å². The number of aryl methyl sites for hydroxylation is 1. The van der Waals surface area contributed by atoms with Gasteiger partial charge in [0.15, 0.2) is 0 Å². The van der Waals surface area contributed by atoms with Gasteiger partial charge in [0.1, 0.15) is 23.2 Å². The molecule has 50 heavy (non-hydrogen) atoms. The number of ether oxygens (including phenoxy) is 1. The summed E-state index contributed by atoms with van der Waals surface area (Å²) >= 11 is 0. The number of alkyl carbamates (subject to hydrolysis) is 1. The van der Waals surface area contributed by atoms with Crippen LogP contribution in [0.2, 0.25) is 0 Å². The van der Waals surface area contributed by atoms with Gasteiger partial charge in [-0.05, 0) is 82.2 Å². The van der Waals surface area contributed by atoms with Crippen molar-refractivity contribution in [2.24, 2.45) is 17.8 Å². The van der Waals surface area contributed by atoms with E-state index >= 15 is 0 Å². The zero-order valence-corrected chi connectivity index (χ0v) is 29.3. The lowest BCUT2D eigenvalue weighted by Crippen LogP contribution is -2.58. The molecule has 0 aromatic heterocycles. The van der Waals surface area contributed by atoms with Gasteiger partial charge in [0.2, 0.25) is 11.8 Å². The number of fused-ring (bicyclic) bond motifs is 4. The van der Waals surface area contributed by atoms with E-state index in [9.17, 15) is 29.1 Å². The monoisotopic (exact) mass is 684 g/mol. The van der Waals surface area contributed by atoms with E-state index in [-0.39, 0.29) is 37.3 Å². The summed E-state index contributed by atoms with van der Waals surface area (Å²) in [6, 6.07) is 13.6. The van der Waals surface area contributed by atoms with Crippen LogP contribution in [-0.2, 0) is 19.1 Å². The highest BCUT2D eigenvalue weighted by Crippen LogP contribution is 2.46. The normalized spacial score (nSPS) is 29.0. The van der Waals surface area contributed by atoms with Crippen molar-refractivity contribution in [3.8, 4) is 11.1 Å². The van der Waals surface area contributed by atoms with Crippen molar-refractivity contribution in [1.82, 2.24) is 20.4 Å². The lowest BCUT2D eigenvalue weighted by atomic mass is 9.93. The second-order valence-corrected chi connectivity index (χ2v) is 15.3. The summed E-state index contributed by atoms with van der Waals surface area (Å²) < 4.78 is 5.49. The Hall–Kier alpha value is -4.67. The molecular formula is C39H48N4O7. The maximum atomic E-state index is 14.4. The Morgan fingerprint density at radius 2 is 1.78 bits per heavy atom. The van der Waals surface area contributed by atoms with Crippen LogP contribution in [-0.4, -0.2) is 87.5 Å². The highest BCUT2D eigenvalue weighted by atomic mass is 16.6. The van der Waals surface area contributed by atoms with Gasteiger partial charge in [-0.3, -0.25) is 14.4 Å². The molecule has 3 heterocycles. The number of carboxylic acid groups (broad SMARTS) is 1. The van der Waals surface area contributed by atoms with Crippen LogP contribution >= 0.6 is 0 Å². The predicted molar refractivity (Wildman–Crippen MR) is 187 cm³/mol. The molecule has 0 bridgehead atoms. The largest absolute Gasteiger partial charge is 0.479 e. The molecule has 11 nitrogen and oxygen atoms in total. The first-order valence-corrected chi connectivity index (χ1v) is 17.7. The second-order valence-electron chi connectivity index (χ2n) is 15.3. The van der Waals surface area contributed by atoms with Crippen molar-refractivity contribution in [1.29, 1.82) is 0 Å². The van der Waals surface area contributed by atoms with Gasteiger partial charge < -0.3 is 30.3 Å². The minimum absolute atomic E-state index is 0.163. The van der Waals surface area contributed by atoms with Gasteiger partial charge in [-0.25, -0.2) is 9.59 Å². The topological polar surface area (TPSA) is 145 Å². The number of carbonyl (C=O) groups is 5. The third kappa shape index (κ3) is 7.27. The number of likely N-dealkylation sites (tertiary alicyclic amines) is 1. The molecule has 1 saturated carbocycles. The highest BCUT2D eigenvalue weighted by molar-refractivity contribution is 5.98. The number of rotatable bonds is 4. The lowest BCUT2D eigenvalue weighted by Gasteiger charge is -2.33. The number of carboxylic acids is 1. The van der Waals surface area contributed by atoms with Crippen molar-refractivity contribution in [2.75, 3.05) is 19.6 Å².